The van der Waals surface area contributed by atoms with Crippen molar-refractivity contribution in [3.63, 3.8) is 0 Å². The molecule has 1 aliphatic heterocycles. The average molecular weight is 599 g/mol. The van der Waals surface area contributed by atoms with Crippen LogP contribution in [-0.4, -0.2) is 39.6 Å². The number of nitrogens with one attached hydrogen (secondary N) is 1. The van der Waals surface area contributed by atoms with Crippen LogP contribution in [0, 0.1) is 17.5 Å². The van der Waals surface area contributed by atoms with Crippen molar-refractivity contribution in [2.45, 2.75) is 19.6 Å². The van der Waals surface area contributed by atoms with E-state index in [0.717, 1.165) is 22.3 Å². The Morgan fingerprint density at radius 2 is 1.74 bits per heavy atom. The maximum atomic E-state index is 14.7. The fourth-order valence-corrected chi connectivity index (χ4v) is 4.69. The normalized spacial score (nSPS) is 15.2. The Hall–Kier alpha value is -3.96. The molecule has 0 saturated carbocycles. The third-order valence-electron chi connectivity index (χ3n) is 6.25. The van der Waals surface area contributed by atoms with Gasteiger partial charge >= 0.3 is 0 Å². The highest BCUT2D eigenvalue weighted by molar-refractivity contribution is 9.10. The second-order valence-electron chi connectivity index (χ2n) is 8.96. The van der Waals surface area contributed by atoms with Gasteiger partial charge in [-0.2, -0.15) is 5.10 Å². The van der Waals surface area contributed by atoms with Gasteiger partial charge in [-0.1, -0.05) is 15.9 Å². The van der Waals surface area contributed by atoms with E-state index in [1.54, 1.807) is 23.0 Å². The molecule has 2 amide bonds. The summed E-state index contributed by atoms with van der Waals surface area (Å²) in [4.78, 5) is 25.5. The Bertz CT molecular complexity index is 1520. The van der Waals surface area contributed by atoms with Gasteiger partial charge in [0.15, 0.2) is 6.23 Å². The molecule has 1 fully saturated rings. The van der Waals surface area contributed by atoms with Crippen molar-refractivity contribution in [2.24, 2.45) is 0 Å². The quantitative estimate of drug-likeness (QED) is 0.293. The lowest BCUT2D eigenvalue weighted by atomic mass is 10.1. The molecule has 1 aliphatic rings. The number of carbonyl (C=O) groups excluding carboxylic acids is 2. The van der Waals surface area contributed by atoms with Crippen LogP contribution in [0.1, 0.15) is 24.3 Å². The molecule has 1 atom stereocenters. The van der Waals surface area contributed by atoms with E-state index in [0.29, 0.717) is 16.8 Å². The van der Waals surface area contributed by atoms with E-state index < -0.39 is 29.6 Å². The van der Waals surface area contributed by atoms with E-state index >= 15 is 0 Å². The fourth-order valence-electron chi connectivity index (χ4n) is 4.43. The topological polar surface area (TPSA) is 76.5 Å². The van der Waals surface area contributed by atoms with Crippen LogP contribution in [-0.2, 0) is 20.7 Å². The van der Waals surface area contributed by atoms with Gasteiger partial charge in [0.2, 0.25) is 5.91 Å². The van der Waals surface area contributed by atoms with Crippen molar-refractivity contribution in [2.75, 3.05) is 18.5 Å². The Balaban J connectivity index is 1.47. The lowest BCUT2D eigenvalue weighted by Crippen LogP contribution is -2.31. The molecule has 3 aromatic carbocycles. The standard InChI is InChI=1S/C28H22BrF3N4O3/c1-16(37)33-20-12-24(31)22(25(32)13-20)10-11-35-26(38)15-39-28(35)23-14-36(21-8-4-18(29)5-9-21)34-27(23)17-2-6-19(30)7-3-17/h2-9,12-14,28H,10-11,15H2,1H3,(H,33,37). The molecule has 0 aliphatic carbocycles. The molecule has 0 spiro atoms. The predicted octanol–water partition coefficient (Wildman–Crippen LogP) is 5.78. The molecule has 1 unspecified atom stereocenters. The third kappa shape index (κ3) is 5.74. The van der Waals surface area contributed by atoms with Crippen molar-refractivity contribution in [1.29, 1.82) is 0 Å². The molecule has 4 aromatic rings. The van der Waals surface area contributed by atoms with Crippen molar-refractivity contribution in [3.05, 3.63) is 99.9 Å². The minimum atomic E-state index is -0.883. The van der Waals surface area contributed by atoms with Crippen LogP contribution in [0.25, 0.3) is 16.9 Å². The summed E-state index contributed by atoms with van der Waals surface area (Å²) in [5.41, 5.74) is 2.15. The molecule has 2 heterocycles. The minimum Gasteiger partial charge on any atom is -0.344 e. The number of amides is 2. The Morgan fingerprint density at radius 1 is 1.08 bits per heavy atom. The highest BCUT2D eigenvalue weighted by atomic mass is 79.9. The second kappa shape index (κ2) is 11.0. The van der Waals surface area contributed by atoms with Crippen LogP contribution < -0.4 is 5.32 Å². The number of halogens is 4. The highest BCUT2D eigenvalue weighted by Crippen LogP contribution is 2.36. The minimum absolute atomic E-state index is 0.00371. The van der Waals surface area contributed by atoms with Crippen LogP contribution in [0.5, 0.6) is 0 Å². The first-order valence-corrected chi connectivity index (χ1v) is 12.8. The Labute approximate surface area is 230 Å². The smallest absolute Gasteiger partial charge is 0.250 e. The fraction of sp³-hybridized carbons (Fsp3) is 0.179. The lowest BCUT2D eigenvalue weighted by molar-refractivity contribution is -0.128. The van der Waals surface area contributed by atoms with Crippen LogP contribution >= 0.6 is 15.9 Å². The average Bonchev–Trinajstić information content (AvgIpc) is 3.48. The highest BCUT2D eigenvalue weighted by Gasteiger charge is 2.36. The molecule has 200 valence electrons. The summed E-state index contributed by atoms with van der Waals surface area (Å²) in [6.07, 6.45) is 0.712. The van der Waals surface area contributed by atoms with E-state index in [-0.39, 0.29) is 36.7 Å². The zero-order valence-corrected chi connectivity index (χ0v) is 22.2. The molecular formula is C28H22BrF3N4O3. The summed E-state index contributed by atoms with van der Waals surface area (Å²) in [5, 5.41) is 7.05. The maximum Gasteiger partial charge on any atom is 0.250 e. The molecule has 1 aromatic heterocycles. The van der Waals surface area contributed by atoms with E-state index in [1.807, 2.05) is 24.3 Å². The first-order valence-electron chi connectivity index (χ1n) is 12.0. The molecule has 1 saturated heterocycles. The number of anilines is 1. The van der Waals surface area contributed by atoms with Gasteiger partial charge in [0.05, 0.1) is 5.69 Å². The third-order valence-corrected chi connectivity index (χ3v) is 6.78. The summed E-state index contributed by atoms with van der Waals surface area (Å²) in [6.45, 7) is 0.981. The van der Waals surface area contributed by atoms with Gasteiger partial charge in [-0.25, -0.2) is 17.9 Å². The Kier molecular flexibility index (Phi) is 7.53. The molecule has 7 nitrogen and oxygen atoms in total. The summed E-state index contributed by atoms with van der Waals surface area (Å²) in [7, 11) is 0. The summed E-state index contributed by atoms with van der Waals surface area (Å²) in [6, 6.07) is 15.3. The molecule has 1 N–H and O–H groups in total. The van der Waals surface area contributed by atoms with Gasteiger partial charge in [0.25, 0.3) is 5.91 Å². The van der Waals surface area contributed by atoms with E-state index in [9.17, 15) is 22.8 Å². The number of carbonyl (C=O) groups is 2. The van der Waals surface area contributed by atoms with E-state index in [4.69, 9.17) is 9.84 Å². The van der Waals surface area contributed by atoms with Gasteiger partial charge in [0.1, 0.15) is 29.8 Å². The molecule has 0 bridgehead atoms. The number of rotatable bonds is 7. The van der Waals surface area contributed by atoms with Gasteiger partial charge in [0, 0.05) is 46.5 Å². The molecule has 0 radical (unpaired) electrons. The molecule has 11 heteroatoms. The van der Waals surface area contributed by atoms with Gasteiger partial charge in [-0.3, -0.25) is 9.59 Å². The summed E-state index contributed by atoms with van der Waals surface area (Å²) >= 11 is 3.41. The largest absolute Gasteiger partial charge is 0.344 e. The molecule has 5 rings (SSSR count). The van der Waals surface area contributed by atoms with Crippen molar-refractivity contribution >= 4 is 33.4 Å². The lowest BCUT2D eigenvalue weighted by Gasteiger charge is -2.23. The van der Waals surface area contributed by atoms with Crippen molar-refractivity contribution in [3.8, 4) is 16.9 Å². The van der Waals surface area contributed by atoms with Gasteiger partial charge in [-0.15, -0.1) is 0 Å². The number of hydrogen-bond acceptors (Lipinski definition) is 4. The van der Waals surface area contributed by atoms with E-state index in [2.05, 4.69) is 21.2 Å². The number of nitrogens with zero attached hydrogens (tertiary/aromatic N) is 3. The zero-order chi connectivity index (χ0) is 27.7. The van der Waals surface area contributed by atoms with Crippen LogP contribution in [0.15, 0.2) is 71.3 Å². The SMILES string of the molecule is CC(=O)Nc1cc(F)c(CCN2C(=O)COC2c2cn(-c3ccc(Br)cc3)nc2-c2ccc(F)cc2)c(F)c1. The molecule has 39 heavy (non-hydrogen) atoms. The van der Waals surface area contributed by atoms with Gasteiger partial charge in [-0.05, 0) is 67.1 Å². The van der Waals surface area contributed by atoms with Gasteiger partial charge < -0.3 is 15.0 Å². The van der Waals surface area contributed by atoms with Crippen molar-refractivity contribution in [1.82, 2.24) is 14.7 Å². The maximum absolute atomic E-state index is 14.7. The number of ether oxygens (including phenoxy) is 1. The Morgan fingerprint density at radius 3 is 2.38 bits per heavy atom. The summed E-state index contributed by atoms with van der Waals surface area (Å²) in [5.74, 6) is -2.88. The zero-order valence-electron chi connectivity index (χ0n) is 20.6. The number of benzene rings is 3. The number of aromatic nitrogens is 2. The van der Waals surface area contributed by atoms with Crippen LogP contribution in [0.2, 0.25) is 0 Å². The first kappa shape index (κ1) is 26.6. The van der Waals surface area contributed by atoms with Crippen LogP contribution in [0.4, 0.5) is 18.9 Å². The number of hydrogen-bond donors (Lipinski definition) is 1. The second-order valence-corrected chi connectivity index (χ2v) is 9.88. The molecular weight excluding hydrogens is 577 g/mol. The van der Waals surface area contributed by atoms with Crippen molar-refractivity contribution < 1.29 is 27.5 Å². The first-order chi connectivity index (χ1) is 18.7. The van der Waals surface area contributed by atoms with E-state index in [1.165, 1.54) is 24.0 Å². The predicted molar refractivity (Wildman–Crippen MR) is 141 cm³/mol. The summed E-state index contributed by atoms with van der Waals surface area (Å²) < 4.78 is 51.4. The van der Waals surface area contributed by atoms with Crippen LogP contribution in [0.3, 0.4) is 0 Å². The monoisotopic (exact) mass is 598 g/mol.